The Labute approximate surface area is 262 Å². The van der Waals surface area contributed by atoms with Crippen LogP contribution in [-0.4, -0.2) is 53.9 Å². The number of fused-ring (bicyclic) bond motifs is 1. The van der Waals surface area contributed by atoms with Gasteiger partial charge < -0.3 is 18.9 Å². The first-order chi connectivity index (χ1) is 20.3. The first kappa shape index (κ1) is 29.6. The van der Waals surface area contributed by atoms with Crippen molar-refractivity contribution in [3.05, 3.63) is 86.5 Å². The molecule has 0 spiro atoms. The maximum absolute atomic E-state index is 12.9. The summed E-state index contributed by atoms with van der Waals surface area (Å²) >= 11 is 3.38. The molecule has 0 saturated heterocycles. The van der Waals surface area contributed by atoms with Crippen LogP contribution >= 0.6 is 34.4 Å². The molecular formula is C31H29IN4O5S. The van der Waals surface area contributed by atoms with Gasteiger partial charge in [0, 0.05) is 0 Å². The number of carbonyl (C=O) groups excluding carboxylic acids is 1. The van der Waals surface area contributed by atoms with Crippen LogP contribution < -0.4 is 18.9 Å². The Morgan fingerprint density at radius 3 is 2.57 bits per heavy atom. The summed E-state index contributed by atoms with van der Waals surface area (Å²) in [7, 11) is 1.56. The van der Waals surface area contributed by atoms with E-state index in [-0.39, 0.29) is 18.0 Å². The third-order valence-corrected chi connectivity index (χ3v) is 7.97. The van der Waals surface area contributed by atoms with Crippen molar-refractivity contribution in [2.75, 3.05) is 26.9 Å². The summed E-state index contributed by atoms with van der Waals surface area (Å²) in [5.74, 6) is 2.05. The fourth-order valence-electron chi connectivity index (χ4n) is 4.30. The highest BCUT2D eigenvalue weighted by molar-refractivity contribution is 14.1. The second kappa shape index (κ2) is 13.4. The number of hydrogen-bond acceptors (Lipinski definition) is 8. The average molecular weight is 697 g/mol. The second-order valence-electron chi connectivity index (χ2n) is 9.35. The molecule has 216 valence electrons. The van der Waals surface area contributed by atoms with Crippen LogP contribution in [0.25, 0.3) is 6.08 Å². The zero-order valence-electron chi connectivity index (χ0n) is 23.3. The fourth-order valence-corrected chi connectivity index (χ4v) is 5.88. The number of hydrazone groups is 1. The van der Waals surface area contributed by atoms with Crippen molar-refractivity contribution >= 4 is 62.4 Å². The minimum absolute atomic E-state index is 0.0546. The second-order valence-corrected chi connectivity index (χ2v) is 11.6. The molecule has 0 fully saturated rings. The number of halogens is 1. The summed E-state index contributed by atoms with van der Waals surface area (Å²) in [6, 6.07) is 19.2. The van der Waals surface area contributed by atoms with Crippen LogP contribution in [0.5, 0.6) is 23.0 Å². The van der Waals surface area contributed by atoms with Gasteiger partial charge in [-0.05, 0) is 107 Å². The molecule has 0 aromatic heterocycles. The highest BCUT2D eigenvalue weighted by Crippen LogP contribution is 2.36. The molecule has 1 N–H and O–H groups in total. The van der Waals surface area contributed by atoms with Gasteiger partial charge in [-0.3, -0.25) is 10.2 Å². The number of amidine groups is 2. The van der Waals surface area contributed by atoms with Crippen molar-refractivity contribution in [3.8, 4) is 23.0 Å². The van der Waals surface area contributed by atoms with Crippen molar-refractivity contribution in [2.24, 2.45) is 10.1 Å². The number of rotatable bonds is 11. The van der Waals surface area contributed by atoms with Gasteiger partial charge in [-0.1, -0.05) is 31.2 Å². The standard InChI is InChI=1S/C31H29IN4O5S/c1-4-20-12-19(2)13-23(14-20)39-10-11-40-28-25(32)16-21(17-26(28)38-3)15-24-29(33)36-31(34-30(24)37)42-27(35-36)18-41-22-8-6-5-7-9-22/h5-9,12-17,33H,4,10-11,18H2,1-3H3/b24-15-,33-29?. The molecule has 0 radical (unpaired) electrons. The van der Waals surface area contributed by atoms with Crippen molar-refractivity contribution < 1.29 is 23.7 Å². The van der Waals surface area contributed by atoms with E-state index in [0.717, 1.165) is 21.3 Å². The predicted molar refractivity (Wildman–Crippen MR) is 174 cm³/mol. The zero-order valence-corrected chi connectivity index (χ0v) is 26.3. The van der Waals surface area contributed by atoms with E-state index >= 15 is 0 Å². The van der Waals surface area contributed by atoms with Gasteiger partial charge in [-0.25, -0.2) is 0 Å². The molecule has 2 aliphatic heterocycles. The lowest BCUT2D eigenvalue weighted by Gasteiger charge is -2.20. The van der Waals surface area contributed by atoms with Gasteiger partial charge in [-0.15, -0.1) is 0 Å². The van der Waals surface area contributed by atoms with Gasteiger partial charge in [0.1, 0.15) is 36.4 Å². The van der Waals surface area contributed by atoms with E-state index in [0.29, 0.717) is 46.2 Å². The Balaban J connectivity index is 1.26. The molecule has 0 aliphatic carbocycles. The van der Waals surface area contributed by atoms with Crippen LogP contribution in [-0.2, 0) is 11.2 Å². The molecule has 5 rings (SSSR count). The van der Waals surface area contributed by atoms with E-state index in [2.05, 4.69) is 52.6 Å². The van der Waals surface area contributed by atoms with E-state index in [1.165, 1.54) is 22.3 Å². The quantitative estimate of drug-likeness (QED) is 0.142. The monoisotopic (exact) mass is 696 g/mol. The number of carbonyl (C=O) groups is 1. The number of benzene rings is 3. The van der Waals surface area contributed by atoms with E-state index in [1.54, 1.807) is 19.3 Å². The molecule has 0 atom stereocenters. The highest BCUT2D eigenvalue weighted by Gasteiger charge is 2.35. The number of thioether (sulfide) groups is 1. The minimum atomic E-state index is -0.506. The Morgan fingerprint density at radius 2 is 1.81 bits per heavy atom. The number of para-hydroxylation sites is 1. The van der Waals surface area contributed by atoms with Crippen LogP contribution in [0.4, 0.5) is 0 Å². The maximum Gasteiger partial charge on any atom is 0.283 e. The molecule has 2 aliphatic rings. The molecule has 1 amide bonds. The number of ether oxygens (including phenoxy) is 4. The fraction of sp³-hybridized carbons (Fsp3) is 0.226. The van der Waals surface area contributed by atoms with Gasteiger partial charge in [-0.2, -0.15) is 15.1 Å². The van der Waals surface area contributed by atoms with Crippen LogP contribution in [0.1, 0.15) is 23.6 Å². The molecule has 9 nitrogen and oxygen atoms in total. The number of hydrogen-bond donors (Lipinski definition) is 1. The molecule has 0 saturated carbocycles. The van der Waals surface area contributed by atoms with Crippen molar-refractivity contribution in [3.63, 3.8) is 0 Å². The molecule has 11 heteroatoms. The Morgan fingerprint density at radius 1 is 1.02 bits per heavy atom. The van der Waals surface area contributed by atoms with Crippen LogP contribution in [0.3, 0.4) is 0 Å². The van der Waals surface area contributed by atoms with E-state index in [9.17, 15) is 4.79 Å². The van der Waals surface area contributed by atoms with Gasteiger partial charge in [0.2, 0.25) is 5.17 Å². The molecule has 2 heterocycles. The van der Waals surface area contributed by atoms with Gasteiger partial charge in [0.25, 0.3) is 5.91 Å². The topological polar surface area (TPSA) is 106 Å². The largest absolute Gasteiger partial charge is 0.493 e. The Hall–Kier alpha value is -3.84. The van der Waals surface area contributed by atoms with Crippen molar-refractivity contribution in [2.45, 2.75) is 20.3 Å². The van der Waals surface area contributed by atoms with Crippen LogP contribution in [0, 0.1) is 15.9 Å². The summed E-state index contributed by atoms with van der Waals surface area (Å²) in [5, 5.41) is 15.4. The molecule has 42 heavy (non-hydrogen) atoms. The molecular weight excluding hydrogens is 667 g/mol. The molecule has 3 aromatic carbocycles. The zero-order chi connectivity index (χ0) is 29.6. The van der Waals surface area contributed by atoms with Gasteiger partial charge in [0.15, 0.2) is 17.3 Å². The lowest BCUT2D eigenvalue weighted by molar-refractivity contribution is -0.114. The third kappa shape index (κ3) is 6.96. The lowest BCUT2D eigenvalue weighted by Crippen LogP contribution is -2.35. The van der Waals surface area contributed by atoms with Crippen LogP contribution in [0.2, 0.25) is 0 Å². The van der Waals surface area contributed by atoms with E-state index in [1.807, 2.05) is 48.5 Å². The summed E-state index contributed by atoms with van der Waals surface area (Å²) in [6.45, 7) is 5.07. The number of nitrogens with one attached hydrogen (secondary N) is 1. The number of amides is 1. The van der Waals surface area contributed by atoms with Crippen LogP contribution in [0.15, 0.2) is 76.3 Å². The predicted octanol–water partition coefficient (Wildman–Crippen LogP) is 6.33. The minimum Gasteiger partial charge on any atom is -0.493 e. The smallest absolute Gasteiger partial charge is 0.283 e. The first-order valence-corrected chi connectivity index (χ1v) is 15.1. The first-order valence-electron chi connectivity index (χ1n) is 13.2. The lowest BCUT2D eigenvalue weighted by atomic mass is 10.1. The van der Waals surface area contributed by atoms with Crippen molar-refractivity contribution in [1.82, 2.24) is 5.01 Å². The number of aryl methyl sites for hydroxylation is 2. The number of methoxy groups -OCH3 is 1. The van der Waals surface area contributed by atoms with E-state index < -0.39 is 5.91 Å². The summed E-state index contributed by atoms with van der Waals surface area (Å²) in [5.41, 5.74) is 3.18. The third-order valence-electron chi connectivity index (χ3n) is 6.28. The van der Waals surface area contributed by atoms with Crippen molar-refractivity contribution in [1.29, 1.82) is 5.41 Å². The number of aliphatic imine (C=N–C) groups is 1. The van der Waals surface area contributed by atoms with Gasteiger partial charge >= 0.3 is 0 Å². The molecule has 3 aromatic rings. The summed E-state index contributed by atoms with van der Waals surface area (Å²) < 4.78 is 24.1. The SMILES string of the molecule is CCc1cc(C)cc(OCCOc2c(I)cc(/C=C3/C(=N)N4N=C(COc5ccccc5)SC4=NC3=O)cc2OC)c1. The number of nitrogens with zero attached hydrogens (tertiary/aromatic N) is 3. The van der Waals surface area contributed by atoms with Gasteiger partial charge in [0.05, 0.1) is 16.3 Å². The Kier molecular flexibility index (Phi) is 9.48. The summed E-state index contributed by atoms with van der Waals surface area (Å²) in [6.07, 6.45) is 2.56. The maximum atomic E-state index is 12.9. The van der Waals surface area contributed by atoms with E-state index in [4.69, 9.17) is 24.4 Å². The average Bonchev–Trinajstić information content (AvgIpc) is 3.40. The Bertz CT molecular complexity index is 1610. The molecule has 0 bridgehead atoms. The highest BCUT2D eigenvalue weighted by atomic mass is 127. The molecule has 0 unspecified atom stereocenters. The normalized spacial score (nSPS) is 15.3. The summed E-state index contributed by atoms with van der Waals surface area (Å²) in [4.78, 5) is 17.1.